The van der Waals surface area contributed by atoms with Gasteiger partial charge in [-0.15, -0.1) is 0 Å². The van der Waals surface area contributed by atoms with Crippen molar-refractivity contribution in [2.24, 2.45) is 5.73 Å². The van der Waals surface area contributed by atoms with Gasteiger partial charge < -0.3 is 10.8 Å². The molecule has 84 valence electrons. The van der Waals surface area contributed by atoms with E-state index in [1.54, 1.807) is 11.8 Å². The van der Waals surface area contributed by atoms with E-state index >= 15 is 0 Å². The minimum absolute atomic E-state index is 0.389. The maximum atomic E-state index is 10.7. The number of nitrogens with two attached hydrogens (primary N) is 1. The highest BCUT2D eigenvalue weighted by Gasteiger charge is 2.32. The highest BCUT2D eigenvalue weighted by atomic mass is 32.2. The lowest BCUT2D eigenvalue weighted by Gasteiger charge is -2.27. The van der Waals surface area contributed by atoms with Gasteiger partial charge in [-0.25, -0.2) is 0 Å². The molecule has 0 bridgehead atoms. The van der Waals surface area contributed by atoms with Crippen LogP contribution in [0.15, 0.2) is 0 Å². The number of thioether (sulfide) groups is 2. The summed E-state index contributed by atoms with van der Waals surface area (Å²) in [5.41, 5.74) is 5.58. The number of aliphatic carboxylic acids is 1. The van der Waals surface area contributed by atoms with Crippen molar-refractivity contribution in [2.45, 2.75) is 31.6 Å². The summed E-state index contributed by atoms with van der Waals surface area (Å²) in [4.78, 5) is 10.7. The first-order valence-electron chi connectivity index (χ1n) is 4.62. The predicted octanol–water partition coefficient (Wildman–Crippen LogP) is 1.66. The van der Waals surface area contributed by atoms with E-state index in [9.17, 15) is 4.79 Å². The van der Waals surface area contributed by atoms with Crippen LogP contribution in [0, 0.1) is 0 Å². The second-order valence-electron chi connectivity index (χ2n) is 3.46. The van der Waals surface area contributed by atoms with Gasteiger partial charge in [0.1, 0.15) is 6.04 Å². The lowest BCUT2D eigenvalue weighted by Crippen LogP contribution is -2.46. The smallest absolute Gasteiger partial charge is 0.321 e. The fourth-order valence-electron chi connectivity index (χ4n) is 0.895. The molecule has 0 aromatic carbocycles. The molecular weight excluding hydrogens is 218 g/mol. The summed E-state index contributed by atoms with van der Waals surface area (Å²) in [6.07, 6.45) is 0. The summed E-state index contributed by atoms with van der Waals surface area (Å²) < 4.78 is -0.389. The molecule has 0 aliphatic heterocycles. The van der Waals surface area contributed by atoms with Crippen LogP contribution in [-0.4, -0.2) is 39.1 Å². The first-order valence-corrected chi connectivity index (χ1v) is 6.76. The van der Waals surface area contributed by atoms with Crippen LogP contribution in [0.3, 0.4) is 0 Å². The lowest BCUT2D eigenvalue weighted by atomic mass is 10.1. The van der Waals surface area contributed by atoms with Crippen molar-refractivity contribution in [2.75, 3.05) is 17.3 Å². The third-order valence-corrected chi connectivity index (χ3v) is 4.49. The number of hydrogen-bond donors (Lipinski definition) is 2. The van der Waals surface area contributed by atoms with E-state index in [1.807, 2.05) is 25.6 Å². The molecule has 0 aromatic heterocycles. The van der Waals surface area contributed by atoms with Gasteiger partial charge in [-0.3, -0.25) is 4.79 Å². The van der Waals surface area contributed by atoms with Crippen molar-refractivity contribution in [3.8, 4) is 0 Å². The average Bonchev–Trinajstić information content (AvgIpc) is 2.11. The molecule has 0 unspecified atom stereocenters. The lowest BCUT2D eigenvalue weighted by molar-refractivity contribution is -0.139. The molecule has 0 saturated carbocycles. The first-order chi connectivity index (χ1) is 6.41. The summed E-state index contributed by atoms with van der Waals surface area (Å²) >= 11 is 3.49. The number of hydrogen-bond acceptors (Lipinski definition) is 4. The van der Waals surface area contributed by atoms with Gasteiger partial charge in [0.05, 0.1) is 0 Å². The Kier molecular flexibility index (Phi) is 6.64. The molecule has 3 nitrogen and oxygen atoms in total. The average molecular weight is 237 g/mol. The van der Waals surface area contributed by atoms with Crippen LogP contribution in [0.1, 0.15) is 20.8 Å². The Hall–Kier alpha value is 0.130. The summed E-state index contributed by atoms with van der Waals surface area (Å²) in [5, 5.41) is 8.78. The normalized spacial score (nSPS) is 14.0. The quantitative estimate of drug-likeness (QED) is 0.659. The zero-order valence-electron chi connectivity index (χ0n) is 8.95. The molecule has 0 rings (SSSR count). The van der Waals surface area contributed by atoms with E-state index in [-0.39, 0.29) is 4.75 Å². The molecule has 0 aromatic rings. The maximum Gasteiger partial charge on any atom is 0.321 e. The number of rotatable bonds is 7. The molecule has 0 amide bonds. The Morgan fingerprint density at radius 1 is 1.50 bits per heavy atom. The summed E-state index contributed by atoms with van der Waals surface area (Å²) in [6.45, 7) is 5.88. The van der Waals surface area contributed by atoms with Gasteiger partial charge in [0.25, 0.3) is 0 Å². The van der Waals surface area contributed by atoms with Crippen LogP contribution < -0.4 is 5.73 Å². The monoisotopic (exact) mass is 237 g/mol. The Balaban J connectivity index is 3.88. The standard InChI is InChI=1S/C9H19NO2S2/c1-4-13-5-6-14-9(2,3)7(10)8(11)12/h7H,4-6,10H2,1-3H3,(H,11,12)/t7-/m1/s1. The Bertz CT molecular complexity index is 186. The molecule has 0 aliphatic carbocycles. The van der Waals surface area contributed by atoms with E-state index in [1.165, 1.54) is 0 Å². The predicted molar refractivity (Wildman–Crippen MR) is 65.1 cm³/mol. The van der Waals surface area contributed by atoms with Crippen LogP contribution in [0.25, 0.3) is 0 Å². The minimum atomic E-state index is -0.925. The van der Waals surface area contributed by atoms with E-state index in [2.05, 4.69) is 6.92 Å². The van der Waals surface area contributed by atoms with Gasteiger partial charge in [0, 0.05) is 16.3 Å². The van der Waals surface area contributed by atoms with Crippen LogP contribution >= 0.6 is 23.5 Å². The number of carboxylic acid groups (broad SMARTS) is 1. The topological polar surface area (TPSA) is 63.3 Å². The highest BCUT2D eigenvalue weighted by Crippen LogP contribution is 2.27. The molecule has 14 heavy (non-hydrogen) atoms. The van der Waals surface area contributed by atoms with Crippen molar-refractivity contribution in [1.29, 1.82) is 0 Å². The summed E-state index contributed by atoms with van der Waals surface area (Å²) in [6, 6.07) is -0.792. The third-order valence-electron chi connectivity index (χ3n) is 1.92. The molecule has 0 fully saturated rings. The van der Waals surface area contributed by atoms with Gasteiger partial charge >= 0.3 is 5.97 Å². The molecule has 0 spiro atoms. The molecule has 5 heteroatoms. The van der Waals surface area contributed by atoms with Crippen molar-refractivity contribution < 1.29 is 9.90 Å². The summed E-state index contributed by atoms with van der Waals surface area (Å²) in [7, 11) is 0. The molecule has 0 saturated heterocycles. The molecule has 0 aliphatic rings. The second kappa shape index (κ2) is 6.58. The van der Waals surface area contributed by atoms with E-state index < -0.39 is 12.0 Å². The number of carboxylic acids is 1. The molecule has 0 radical (unpaired) electrons. The van der Waals surface area contributed by atoms with Crippen molar-refractivity contribution in [3.63, 3.8) is 0 Å². The Morgan fingerprint density at radius 2 is 2.07 bits per heavy atom. The molecule has 3 N–H and O–H groups in total. The van der Waals surface area contributed by atoms with Crippen molar-refractivity contribution >= 4 is 29.5 Å². The Labute approximate surface area is 94.2 Å². The van der Waals surface area contributed by atoms with Crippen LogP contribution in [0.5, 0.6) is 0 Å². The van der Waals surface area contributed by atoms with E-state index in [0.717, 1.165) is 17.3 Å². The SMILES string of the molecule is CCSCCSC(C)(C)[C@H](N)C(=O)O. The maximum absolute atomic E-state index is 10.7. The van der Waals surface area contributed by atoms with E-state index in [0.29, 0.717) is 0 Å². The van der Waals surface area contributed by atoms with Gasteiger partial charge in [-0.05, 0) is 19.6 Å². The summed E-state index contributed by atoms with van der Waals surface area (Å²) in [5.74, 6) is 2.18. The second-order valence-corrected chi connectivity index (χ2v) is 6.61. The molecule has 0 heterocycles. The fourth-order valence-corrected chi connectivity index (χ4v) is 2.80. The van der Waals surface area contributed by atoms with E-state index in [4.69, 9.17) is 10.8 Å². The fraction of sp³-hybridized carbons (Fsp3) is 0.889. The first kappa shape index (κ1) is 14.1. The van der Waals surface area contributed by atoms with Crippen LogP contribution in [-0.2, 0) is 4.79 Å². The zero-order valence-corrected chi connectivity index (χ0v) is 10.6. The van der Waals surface area contributed by atoms with Gasteiger partial charge in [0.2, 0.25) is 0 Å². The molecule has 1 atom stereocenters. The third kappa shape index (κ3) is 5.12. The van der Waals surface area contributed by atoms with Crippen molar-refractivity contribution in [1.82, 2.24) is 0 Å². The minimum Gasteiger partial charge on any atom is -0.480 e. The number of carbonyl (C=O) groups is 1. The highest BCUT2D eigenvalue weighted by molar-refractivity contribution is 8.03. The van der Waals surface area contributed by atoms with Gasteiger partial charge in [0.15, 0.2) is 0 Å². The largest absolute Gasteiger partial charge is 0.480 e. The van der Waals surface area contributed by atoms with Gasteiger partial charge in [-0.1, -0.05) is 6.92 Å². The molecular formula is C9H19NO2S2. The van der Waals surface area contributed by atoms with Crippen LogP contribution in [0.2, 0.25) is 0 Å². The zero-order chi connectivity index (χ0) is 11.2. The van der Waals surface area contributed by atoms with Crippen molar-refractivity contribution in [3.05, 3.63) is 0 Å². The van der Waals surface area contributed by atoms with Crippen LogP contribution in [0.4, 0.5) is 0 Å². The van der Waals surface area contributed by atoms with Gasteiger partial charge in [-0.2, -0.15) is 23.5 Å². The Morgan fingerprint density at radius 3 is 2.50 bits per heavy atom.